The average molecular weight is 677 g/mol. The molecule has 9 nitrogen and oxygen atoms in total. The van der Waals surface area contributed by atoms with E-state index >= 15 is 0 Å². The highest BCUT2D eigenvalue weighted by Crippen LogP contribution is 2.37. The zero-order valence-electron chi connectivity index (χ0n) is 29.6. The van der Waals surface area contributed by atoms with Gasteiger partial charge in [0.15, 0.2) is 0 Å². The van der Waals surface area contributed by atoms with Gasteiger partial charge >= 0.3 is 12.2 Å². The molecule has 0 aromatic heterocycles. The molecule has 0 radical (unpaired) electrons. The molecule has 3 atom stereocenters. The highest BCUT2D eigenvalue weighted by Gasteiger charge is 2.52. The summed E-state index contributed by atoms with van der Waals surface area (Å²) in [7, 11) is -2.94. The van der Waals surface area contributed by atoms with Crippen LogP contribution in [0.3, 0.4) is 0 Å². The summed E-state index contributed by atoms with van der Waals surface area (Å²) < 4.78 is 24.4. The van der Waals surface area contributed by atoms with Crippen molar-refractivity contribution < 1.29 is 33.3 Å². The van der Waals surface area contributed by atoms with E-state index in [1.807, 2.05) is 66.7 Å². The third-order valence-corrected chi connectivity index (χ3v) is 13.5. The Morgan fingerprint density at radius 1 is 0.917 bits per heavy atom. The third kappa shape index (κ3) is 9.05. The van der Waals surface area contributed by atoms with Crippen LogP contribution in [0.1, 0.15) is 67.4 Å². The van der Waals surface area contributed by atoms with Crippen LogP contribution < -0.4 is 15.7 Å². The van der Waals surface area contributed by atoms with Gasteiger partial charge in [-0.3, -0.25) is 4.90 Å². The predicted molar refractivity (Wildman–Crippen MR) is 190 cm³/mol. The Morgan fingerprint density at radius 2 is 1.44 bits per heavy atom. The van der Waals surface area contributed by atoms with Gasteiger partial charge in [-0.15, -0.1) is 0 Å². The van der Waals surface area contributed by atoms with Crippen molar-refractivity contribution in [3.8, 4) is 0 Å². The van der Waals surface area contributed by atoms with Gasteiger partial charge in [-0.1, -0.05) is 112 Å². The number of nitrogens with one attached hydrogen (secondary N) is 1. The summed E-state index contributed by atoms with van der Waals surface area (Å²) in [5, 5.41) is 16.5. The zero-order chi connectivity index (χ0) is 35.2. The van der Waals surface area contributed by atoms with E-state index in [1.165, 1.54) is 4.90 Å². The molecule has 260 valence electrons. The fourth-order valence-electron chi connectivity index (χ4n) is 6.37. The maximum Gasteiger partial charge on any atom is 0.412 e. The number of carbonyl (C=O) groups excluding carboxylic acids is 2. The number of rotatable bonds is 11. The van der Waals surface area contributed by atoms with Crippen molar-refractivity contribution in [3.63, 3.8) is 0 Å². The van der Waals surface area contributed by atoms with Crippen LogP contribution in [0.25, 0.3) is 0 Å². The number of ether oxygens (including phenoxy) is 3. The van der Waals surface area contributed by atoms with Gasteiger partial charge in [0, 0.05) is 0 Å². The summed E-state index contributed by atoms with van der Waals surface area (Å²) in [6, 6.07) is 28.4. The van der Waals surface area contributed by atoms with Crippen LogP contribution in [0.2, 0.25) is 5.04 Å². The van der Waals surface area contributed by atoms with E-state index in [4.69, 9.17) is 18.6 Å². The van der Waals surface area contributed by atoms with Crippen LogP contribution in [-0.4, -0.2) is 73.2 Å². The second kappa shape index (κ2) is 15.2. The highest BCUT2D eigenvalue weighted by molar-refractivity contribution is 6.99. The Morgan fingerprint density at radius 3 is 1.94 bits per heavy atom. The molecule has 2 N–H and O–H groups in total. The second-order valence-electron chi connectivity index (χ2n) is 14.9. The highest BCUT2D eigenvalue weighted by atomic mass is 28.4. The molecule has 3 aromatic carbocycles. The molecule has 1 aliphatic heterocycles. The van der Waals surface area contributed by atoms with Gasteiger partial charge in [-0.05, 0) is 62.0 Å². The van der Waals surface area contributed by atoms with Crippen molar-refractivity contribution in [2.24, 2.45) is 0 Å². The lowest BCUT2D eigenvalue weighted by molar-refractivity contribution is -0.0643. The molecular formula is C38H52N2O7Si. The number of hydrogen-bond donors (Lipinski definition) is 2. The molecule has 2 amide bonds. The minimum absolute atomic E-state index is 0.00787. The molecule has 0 bridgehead atoms. The lowest BCUT2D eigenvalue weighted by Crippen LogP contribution is -2.67. The van der Waals surface area contributed by atoms with Crippen molar-refractivity contribution in [1.82, 2.24) is 10.2 Å². The van der Waals surface area contributed by atoms with E-state index in [1.54, 1.807) is 34.6 Å². The molecule has 1 aliphatic rings. The van der Waals surface area contributed by atoms with E-state index in [0.29, 0.717) is 0 Å². The van der Waals surface area contributed by atoms with Crippen molar-refractivity contribution >= 4 is 30.9 Å². The van der Waals surface area contributed by atoms with Crippen LogP contribution in [0.4, 0.5) is 9.59 Å². The normalized spacial score (nSPS) is 17.8. The molecule has 48 heavy (non-hydrogen) atoms. The van der Waals surface area contributed by atoms with E-state index in [0.717, 1.165) is 15.9 Å². The van der Waals surface area contributed by atoms with Gasteiger partial charge in [0.25, 0.3) is 8.32 Å². The number of alkyl carbamates (subject to hydrolysis) is 1. The van der Waals surface area contributed by atoms with E-state index in [9.17, 15) is 14.7 Å². The lowest BCUT2D eigenvalue weighted by Gasteiger charge is -2.43. The smallest absolute Gasteiger partial charge is 0.412 e. The number of hydrogen-bond acceptors (Lipinski definition) is 7. The first-order valence-corrected chi connectivity index (χ1v) is 18.5. The topological polar surface area (TPSA) is 107 Å². The number of nitrogens with zero attached hydrogens (tertiary/aromatic N) is 1. The number of aliphatic hydroxyl groups excluding tert-OH is 1. The summed E-state index contributed by atoms with van der Waals surface area (Å²) >= 11 is 0. The van der Waals surface area contributed by atoms with Crippen LogP contribution >= 0.6 is 0 Å². The monoisotopic (exact) mass is 676 g/mol. The van der Waals surface area contributed by atoms with Gasteiger partial charge in [0.1, 0.15) is 17.9 Å². The Balaban J connectivity index is 1.62. The Bertz CT molecular complexity index is 1430. The SMILES string of the molecule is CC(C)(C)OC(=O)N1[C@H]([C@H](CC(O)CO[Si](c2ccccc2)(c2ccccc2)C(C)(C)C)NC(=O)OCc2ccccc2)COC1(C)C. The molecule has 0 spiro atoms. The number of carbonyl (C=O) groups is 2. The molecule has 10 heteroatoms. The van der Waals surface area contributed by atoms with Crippen LogP contribution in [0.5, 0.6) is 0 Å². The van der Waals surface area contributed by atoms with E-state index in [2.05, 4.69) is 50.4 Å². The van der Waals surface area contributed by atoms with Crippen molar-refractivity contribution in [2.75, 3.05) is 13.2 Å². The number of benzene rings is 3. The summed E-state index contributed by atoms with van der Waals surface area (Å²) in [5.74, 6) is 0. The largest absolute Gasteiger partial charge is 0.445 e. The van der Waals surface area contributed by atoms with Gasteiger partial charge in [-0.25, -0.2) is 9.59 Å². The van der Waals surface area contributed by atoms with Gasteiger partial charge in [0.05, 0.1) is 31.4 Å². The molecule has 0 aliphatic carbocycles. The van der Waals surface area contributed by atoms with Crippen LogP contribution in [0, 0.1) is 0 Å². The Hall–Kier alpha value is -3.70. The first kappa shape index (κ1) is 37.1. The van der Waals surface area contributed by atoms with Crippen molar-refractivity contribution in [1.29, 1.82) is 0 Å². The fraction of sp³-hybridized carbons (Fsp3) is 0.474. The molecule has 0 saturated carbocycles. The van der Waals surface area contributed by atoms with Crippen molar-refractivity contribution in [3.05, 3.63) is 96.6 Å². The maximum absolute atomic E-state index is 13.6. The maximum atomic E-state index is 13.6. The molecule has 1 fully saturated rings. The Kier molecular flexibility index (Phi) is 11.8. The van der Waals surface area contributed by atoms with Gasteiger partial charge in [0.2, 0.25) is 0 Å². The van der Waals surface area contributed by atoms with Crippen LogP contribution in [-0.2, 0) is 25.2 Å². The molecule has 3 aromatic rings. The van der Waals surface area contributed by atoms with E-state index < -0.39 is 50.0 Å². The van der Waals surface area contributed by atoms with E-state index in [-0.39, 0.29) is 31.3 Å². The molecule has 1 saturated heterocycles. The summed E-state index contributed by atoms with van der Waals surface area (Å²) in [4.78, 5) is 28.3. The minimum Gasteiger partial charge on any atom is -0.445 e. The average Bonchev–Trinajstić information content (AvgIpc) is 3.35. The first-order valence-electron chi connectivity index (χ1n) is 16.6. The standard InChI is InChI=1S/C38H52N2O7Si/c1-36(2,3)47-35(43)40-33(27-45-38(40,7)8)32(39-34(42)44-25-28-18-12-9-13-19-28)24-29(41)26-46-48(37(4,5)6,30-20-14-10-15-21-30)31-22-16-11-17-23-31/h9-23,29,32-33,41H,24-27H2,1-8H3,(H,39,42)/t29?,32-,33-/m0/s1. The molecule has 1 heterocycles. The fourth-order valence-corrected chi connectivity index (χ4v) is 11.0. The summed E-state index contributed by atoms with van der Waals surface area (Å²) in [6.07, 6.45) is -2.17. The second-order valence-corrected chi connectivity index (χ2v) is 19.2. The van der Waals surface area contributed by atoms with Gasteiger partial charge < -0.3 is 29.1 Å². The Labute approximate surface area is 286 Å². The number of aliphatic hydroxyl groups is 1. The first-order chi connectivity index (χ1) is 22.5. The zero-order valence-corrected chi connectivity index (χ0v) is 30.6. The quantitative estimate of drug-likeness (QED) is 0.241. The van der Waals surface area contributed by atoms with Crippen molar-refractivity contribution in [2.45, 2.75) is 103 Å². The minimum atomic E-state index is -2.94. The molecular weight excluding hydrogens is 625 g/mol. The van der Waals surface area contributed by atoms with Gasteiger partial charge in [-0.2, -0.15) is 0 Å². The third-order valence-electron chi connectivity index (χ3n) is 8.52. The summed E-state index contributed by atoms with van der Waals surface area (Å²) in [5.41, 5.74) is -0.929. The number of amides is 2. The lowest BCUT2D eigenvalue weighted by atomic mass is 10.0. The summed E-state index contributed by atoms with van der Waals surface area (Å²) in [6.45, 7) is 15.7. The predicted octanol–water partition coefficient (Wildman–Crippen LogP) is 5.98. The van der Waals surface area contributed by atoms with Crippen LogP contribution in [0.15, 0.2) is 91.0 Å². The molecule has 4 rings (SSSR count). The molecule has 1 unspecified atom stereocenters.